The number of amides is 1. The lowest BCUT2D eigenvalue weighted by molar-refractivity contribution is -0.134. The number of unbranched alkanes of at least 4 members (excludes halogenated alkanes) is 2. The molecule has 2 atom stereocenters. The Morgan fingerprint density at radius 1 is 1.44 bits per heavy atom. The van der Waals surface area contributed by atoms with Gasteiger partial charge in [0.05, 0.1) is 18.6 Å². The zero-order valence-electron chi connectivity index (χ0n) is 10.3. The number of rotatable bonds is 6. The molecule has 94 valence electrons. The van der Waals surface area contributed by atoms with Crippen LogP contribution < -0.4 is 0 Å². The van der Waals surface area contributed by atoms with Crippen molar-refractivity contribution in [2.45, 2.75) is 38.7 Å². The van der Waals surface area contributed by atoms with E-state index in [4.69, 9.17) is 9.84 Å². The number of carbonyl (C=O) groups is 1. The molecule has 2 unspecified atom stereocenters. The first-order valence-electron chi connectivity index (χ1n) is 6.12. The molecule has 0 bridgehead atoms. The normalized spacial score (nSPS) is 24.7. The van der Waals surface area contributed by atoms with Crippen molar-refractivity contribution in [3.63, 3.8) is 0 Å². The summed E-state index contributed by atoms with van der Waals surface area (Å²) in [5, 5.41) is 8.65. The number of aliphatic hydroxyl groups excluding tert-OH is 1. The van der Waals surface area contributed by atoms with Crippen LogP contribution in [-0.4, -0.2) is 48.8 Å². The maximum absolute atomic E-state index is 12.0. The highest BCUT2D eigenvalue weighted by Crippen LogP contribution is 2.20. The molecule has 0 aromatic rings. The Labute approximate surface area is 97.6 Å². The summed E-state index contributed by atoms with van der Waals surface area (Å²) < 4.78 is 5.40. The van der Waals surface area contributed by atoms with E-state index in [1.165, 1.54) is 0 Å². The van der Waals surface area contributed by atoms with E-state index in [-0.39, 0.29) is 24.5 Å². The molecule has 0 spiro atoms. The molecule has 1 rings (SSSR count). The Balaban J connectivity index is 2.20. The van der Waals surface area contributed by atoms with Crippen LogP contribution in [0, 0.1) is 5.92 Å². The van der Waals surface area contributed by atoms with E-state index in [0.29, 0.717) is 6.61 Å². The molecule has 1 N–H and O–H groups in total. The zero-order valence-corrected chi connectivity index (χ0v) is 10.3. The lowest BCUT2D eigenvalue weighted by Gasteiger charge is -2.20. The first-order valence-corrected chi connectivity index (χ1v) is 6.12. The Morgan fingerprint density at radius 3 is 2.75 bits per heavy atom. The van der Waals surface area contributed by atoms with Gasteiger partial charge in [-0.2, -0.15) is 0 Å². The Kier molecular flexibility index (Phi) is 5.77. The highest BCUT2D eigenvalue weighted by molar-refractivity contribution is 5.79. The van der Waals surface area contributed by atoms with Crippen molar-refractivity contribution in [2.24, 2.45) is 5.92 Å². The second-order valence-electron chi connectivity index (χ2n) is 4.62. The molecule has 1 aliphatic rings. The number of hydrogen-bond acceptors (Lipinski definition) is 3. The third kappa shape index (κ3) is 4.10. The van der Waals surface area contributed by atoms with E-state index in [9.17, 15) is 4.79 Å². The standard InChI is InChI=1S/C12H23NO3/c1-10-8-11(9-16-10)12(15)13(2)6-4-3-5-7-14/h10-11,14H,3-9H2,1-2H3. The van der Waals surface area contributed by atoms with Crippen LogP contribution in [0.1, 0.15) is 32.6 Å². The minimum atomic E-state index is 0.0536. The van der Waals surface area contributed by atoms with Crippen molar-refractivity contribution in [1.82, 2.24) is 4.90 Å². The van der Waals surface area contributed by atoms with Gasteiger partial charge in [0.1, 0.15) is 0 Å². The van der Waals surface area contributed by atoms with Gasteiger partial charge in [0.15, 0.2) is 0 Å². The summed E-state index contributed by atoms with van der Waals surface area (Å²) in [6.07, 6.45) is 3.83. The molecule has 1 heterocycles. The van der Waals surface area contributed by atoms with Gasteiger partial charge in [0, 0.05) is 20.2 Å². The molecule has 1 fully saturated rings. The van der Waals surface area contributed by atoms with E-state index in [1.807, 2.05) is 14.0 Å². The quantitative estimate of drug-likeness (QED) is 0.692. The average molecular weight is 229 g/mol. The van der Waals surface area contributed by atoms with Crippen LogP contribution >= 0.6 is 0 Å². The minimum Gasteiger partial charge on any atom is -0.396 e. The molecule has 1 saturated heterocycles. The summed E-state index contributed by atoms with van der Waals surface area (Å²) >= 11 is 0. The molecule has 4 heteroatoms. The van der Waals surface area contributed by atoms with Crippen LogP contribution in [0.25, 0.3) is 0 Å². The number of carbonyl (C=O) groups excluding carboxylic acids is 1. The smallest absolute Gasteiger partial charge is 0.227 e. The third-order valence-corrected chi connectivity index (χ3v) is 3.08. The highest BCUT2D eigenvalue weighted by atomic mass is 16.5. The SMILES string of the molecule is CC1CC(C(=O)N(C)CCCCCO)CO1. The second kappa shape index (κ2) is 6.86. The van der Waals surface area contributed by atoms with Gasteiger partial charge in [0.2, 0.25) is 5.91 Å². The molecule has 4 nitrogen and oxygen atoms in total. The number of hydrogen-bond donors (Lipinski definition) is 1. The summed E-state index contributed by atoms with van der Waals surface area (Å²) in [5.74, 6) is 0.256. The van der Waals surface area contributed by atoms with Gasteiger partial charge in [-0.05, 0) is 32.6 Å². The summed E-state index contributed by atoms with van der Waals surface area (Å²) in [6.45, 7) is 3.60. The monoisotopic (exact) mass is 229 g/mol. The molecule has 16 heavy (non-hydrogen) atoms. The van der Waals surface area contributed by atoms with Crippen molar-refractivity contribution in [3.8, 4) is 0 Å². The summed E-state index contributed by atoms with van der Waals surface area (Å²) in [4.78, 5) is 13.7. The summed E-state index contributed by atoms with van der Waals surface area (Å²) in [5.41, 5.74) is 0. The van der Waals surface area contributed by atoms with E-state index in [0.717, 1.165) is 32.2 Å². The van der Waals surface area contributed by atoms with Crippen molar-refractivity contribution in [2.75, 3.05) is 26.8 Å². The molecular weight excluding hydrogens is 206 g/mol. The fourth-order valence-electron chi connectivity index (χ4n) is 2.05. The Morgan fingerprint density at radius 2 is 2.19 bits per heavy atom. The Hall–Kier alpha value is -0.610. The van der Waals surface area contributed by atoms with E-state index >= 15 is 0 Å². The molecule has 1 aliphatic heterocycles. The largest absolute Gasteiger partial charge is 0.396 e. The lowest BCUT2D eigenvalue weighted by atomic mass is 10.0. The molecule has 1 amide bonds. The van der Waals surface area contributed by atoms with E-state index in [2.05, 4.69) is 0 Å². The van der Waals surface area contributed by atoms with Gasteiger partial charge in [-0.1, -0.05) is 0 Å². The van der Waals surface area contributed by atoms with Crippen molar-refractivity contribution in [1.29, 1.82) is 0 Å². The number of aliphatic hydroxyl groups is 1. The molecule has 0 radical (unpaired) electrons. The van der Waals surface area contributed by atoms with Crippen LogP contribution in [-0.2, 0) is 9.53 Å². The van der Waals surface area contributed by atoms with E-state index < -0.39 is 0 Å². The fraction of sp³-hybridized carbons (Fsp3) is 0.917. The molecular formula is C12H23NO3. The maximum atomic E-state index is 12.0. The Bertz CT molecular complexity index is 220. The summed E-state index contributed by atoms with van der Waals surface area (Å²) in [7, 11) is 1.85. The molecule has 0 aliphatic carbocycles. The van der Waals surface area contributed by atoms with E-state index in [1.54, 1.807) is 4.90 Å². The second-order valence-corrected chi connectivity index (χ2v) is 4.62. The molecule has 0 saturated carbocycles. The van der Waals surface area contributed by atoms with Crippen LogP contribution in [0.2, 0.25) is 0 Å². The predicted octanol–water partition coefficient (Wildman–Crippen LogP) is 1.03. The van der Waals surface area contributed by atoms with Crippen LogP contribution in [0.15, 0.2) is 0 Å². The maximum Gasteiger partial charge on any atom is 0.227 e. The lowest BCUT2D eigenvalue weighted by Crippen LogP contribution is -2.34. The van der Waals surface area contributed by atoms with Crippen LogP contribution in [0.3, 0.4) is 0 Å². The number of ether oxygens (including phenoxy) is 1. The minimum absolute atomic E-state index is 0.0536. The first kappa shape index (κ1) is 13.5. The first-order chi connectivity index (χ1) is 7.65. The average Bonchev–Trinajstić information content (AvgIpc) is 2.70. The molecule has 0 aromatic heterocycles. The third-order valence-electron chi connectivity index (χ3n) is 3.08. The van der Waals surface area contributed by atoms with Crippen LogP contribution in [0.4, 0.5) is 0 Å². The van der Waals surface area contributed by atoms with Gasteiger partial charge >= 0.3 is 0 Å². The zero-order chi connectivity index (χ0) is 12.0. The van der Waals surface area contributed by atoms with Gasteiger partial charge in [0.25, 0.3) is 0 Å². The van der Waals surface area contributed by atoms with Crippen molar-refractivity contribution >= 4 is 5.91 Å². The van der Waals surface area contributed by atoms with Gasteiger partial charge in [-0.15, -0.1) is 0 Å². The van der Waals surface area contributed by atoms with Crippen molar-refractivity contribution in [3.05, 3.63) is 0 Å². The van der Waals surface area contributed by atoms with Gasteiger partial charge in [-0.3, -0.25) is 4.79 Å². The topological polar surface area (TPSA) is 49.8 Å². The fourth-order valence-corrected chi connectivity index (χ4v) is 2.05. The van der Waals surface area contributed by atoms with Crippen LogP contribution in [0.5, 0.6) is 0 Å². The summed E-state index contributed by atoms with van der Waals surface area (Å²) in [6, 6.07) is 0. The predicted molar refractivity (Wildman–Crippen MR) is 62.1 cm³/mol. The van der Waals surface area contributed by atoms with Crippen molar-refractivity contribution < 1.29 is 14.6 Å². The molecule has 0 aromatic carbocycles. The van der Waals surface area contributed by atoms with Gasteiger partial charge < -0.3 is 14.7 Å². The highest BCUT2D eigenvalue weighted by Gasteiger charge is 2.29. The number of nitrogens with zero attached hydrogens (tertiary/aromatic N) is 1. The van der Waals surface area contributed by atoms with Gasteiger partial charge in [-0.25, -0.2) is 0 Å².